The minimum atomic E-state index is -1.05. The molecule has 1 unspecified atom stereocenters. The Morgan fingerprint density at radius 2 is 1.68 bits per heavy atom. The number of hydrogen-bond acceptors (Lipinski definition) is 5. The lowest BCUT2D eigenvalue weighted by molar-refractivity contribution is -0.202. The Morgan fingerprint density at radius 3 is 2.32 bits per heavy atom. The maximum Gasteiger partial charge on any atom is 0.407 e. The van der Waals surface area contributed by atoms with E-state index in [1.165, 1.54) is 6.42 Å². The molecule has 0 saturated heterocycles. The quantitative estimate of drug-likeness (QED) is 0.325. The molecule has 7 nitrogen and oxygen atoms in total. The largest absolute Gasteiger partial charge is 0.480 e. The van der Waals surface area contributed by atoms with Gasteiger partial charge in [0.1, 0.15) is 6.04 Å². The van der Waals surface area contributed by atoms with Gasteiger partial charge in [0.25, 0.3) is 0 Å². The smallest absolute Gasteiger partial charge is 0.407 e. The maximum atomic E-state index is 12.1. The van der Waals surface area contributed by atoms with Crippen LogP contribution in [0.2, 0.25) is 0 Å². The molecule has 212 valence electrons. The molecule has 0 spiro atoms. The van der Waals surface area contributed by atoms with E-state index >= 15 is 0 Å². The molecule has 0 bridgehead atoms. The second kappa shape index (κ2) is 11.0. The molecular formula is C30H51NO6. The van der Waals surface area contributed by atoms with Crippen molar-refractivity contribution in [2.75, 3.05) is 6.61 Å². The molecule has 37 heavy (non-hydrogen) atoms. The van der Waals surface area contributed by atoms with E-state index in [1.807, 2.05) is 0 Å². The highest BCUT2D eigenvalue weighted by Gasteiger charge is 2.64. The van der Waals surface area contributed by atoms with Gasteiger partial charge in [0, 0.05) is 0 Å². The van der Waals surface area contributed by atoms with Crippen molar-refractivity contribution >= 4 is 12.1 Å². The number of rotatable bonds is 8. The molecule has 4 aliphatic carbocycles. The summed E-state index contributed by atoms with van der Waals surface area (Å²) in [4.78, 5) is 23.5. The number of carbonyl (C=O) groups excluding carboxylic acids is 1. The number of aliphatic carboxylic acids is 1. The third-order valence-electron chi connectivity index (χ3n) is 11.7. The molecule has 7 heteroatoms. The lowest BCUT2D eigenvalue weighted by atomic mass is 9.41. The van der Waals surface area contributed by atoms with Gasteiger partial charge in [-0.1, -0.05) is 41.0 Å². The molecule has 4 rings (SSSR count). The number of carboxylic acid groups (broad SMARTS) is 1. The van der Waals surface area contributed by atoms with Gasteiger partial charge in [0.2, 0.25) is 0 Å². The minimum absolute atomic E-state index is 0.201. The second-order valence-electron chi connectivity index (χ2n) is 13.7. The number of ether oxygens (including phenoxy) is 1. The molecule has 0 heterocycles. The molecule has 4 N–H and O–H groups in total. The van der Waals surface area contributed by atoms with Crippen LogP contribution in [0.1, 0.15) is 98.8 Å². The first-order valence-electron chi connectivity index (χ1n) is 15.0. The molecule has 0 aromatic heterocycles. The zero-order chi connectivity index (χ0) is 27.1. The molecule has 4 saturated carbocycles. The van der Waals surface area contributed by atoms with Gasteiger partial charge in [-0.3, -0.25) is 0 Å². The zero-order valence-electron chi connectivity index (χ0n) is 23.6. The molecule has 11 atom stereocenters. The van der Waals surface area contributed by atoms with Gasteiger partial charge < -0.3 is 25.4 Å². The van der Waals surface area contributed by atoms with E-state index in [9.17, 15) is 24.9 Å². The van der Waals surface area contributed by atoms with Crippen molar-refractivity contribution in [2.45, 2.75) is 117 Å². The fraction of sp³-hybridized carbons (Fsp3) is 0.933. The van der Waals surface area contributed by atoms with E-state index < -0.39 is 18.1 Å². The highest BCUT2D eigenvalue weighted by Crippen LogP contribution is 2.69. The molecular weight excluding hydrogens is 470 g/mol. The maximum absolute atomic E-state index is 12.1. The van der Waals surface area contributed by atoms with Crippen molar-refractivity contribution in [1.82, 2.24) is 5.32 Å². The summed E-state index contributed by atoms with van der Waals surface area (Å²) in [5, 5.41) is 34.0. The predicted octanol–water partition coefficient (Wildman–Crippen LogP) is 5.23. The number of aliphatic hydroxyl groups excluding tert-OH is 2. The Bertz CT molecular complexity index is 833. The molecule has 0 aromatic carbocycles. The first kappa shape index (κ1) is 28.7. The molecule has 4 fully saturated rings. The van der Waals surface area contributed by atoms with Crippen molar-refractivity contribution < 1.29 is 29.6 Å². The van der Waals surface area contributed by atoms with Crippen LogP contribution in [0.4, 0.5) is 4.79 Å². The Balaban J connectivity index is 1.37. The molecule has 0 aliphatic heterocycles. The van der Waals surface area contributed by atoms with Gasteiger partial charge in [-0.2, -0.15) is 0 Å². The number of nitrogens with one attached hydrogen (secondary N) is 1. The first-order chi connectivity index (χ1) is 17.4. The molecule has 4 aliphatic rings. The van der Waals surface area contributed by atoms with E-state index in [-0.39, 0.29) is 34.9 Å². The number of hydrogen-bond donors (Lipinski definition) is 4. The van der Waals surface area contributed by atoms with Crippen LogP contribution in [0.15, 0.2) is 0 Å². The summed E-state index contributed by atoms with van der Waals surface area (Å²) < 4.78 is 5.34. The number of carbonyl (C=O) groups is 2. The van der Waals surface area contributed by atoms with E-state index in [4.69, 9.17) is 4.74 Å². The second-order valence-corrected chi connectivity index (χ2v) is 13.7. The highest BCUT2D eigenvalue weighted by molar-refractivity contribution is 5.80. The van der Waals surface area contributed by atoms with E-state index in [0.717, 1.165) is 57.8 Å². The molecule has 0 aromatic rings. The monoisotopic (exact) mass is 521 g/mol. The average molecular weight is 522 g/mol. The number of fused-ring (bicyclic) bond motifs is 5. The third kappa shape index (κ3) is 5.16. The van der Waals surface area contributed by atoms with Gasteiger partial charge in [-0.05, 0) is 110 Å². The lowest BCUT2D eigenvalue weighted by Crippen LogP contribution is -2.62. The van der Waals surface area contributed by atoms with Crippen LogP contribution in [0, 0.1) is 52.3 Å². The van der Waals surface area contributed by atoms with E-state index in [1.54, 1.807) is 13.8 Å². The Hall–Kier alpha value is -1.34. The SMILES string of the molecule is CC[C@H]1[C@@H](O)[C@@H]2[C@H](CC[C@]3(C)[C@@H](CCCOC(=O)NC(C(=O)O)C(C)C)CC[C@@H]23)[C@@]2(C)CC[C@@H](O)C[C@@H]12. The van der Waals surface area contributed by atoms with Gasteiger partial charge in [0.15, 0.2) is 0 Å². The summed E-state index contributed by atoms with van der Waals surface area (Å²) in [7, 11) is 0. The summed E-state index contributed by atoms with van der Waals surface area (Å²) in [6, 6.07) is -0.945. The summed E-state index contributed by atoms with van der Waals surface area (Å²) >= 11 is 0. The average Bonchev–Trinajstić information content (AvgIpc) is 3.17. The van der Waals surface area contributed by atoms with Crippen LogP contribution in [0.25, 0.3) is 0 Å². The predicted molar refractivity (Wildman–Crippen MR) is 142 cm³/mol. The zero-order valence-corrected chi connectivity index (χ0v) is 23.6. The lowest BCUT2D eigenvalue weighted by Gasteiger charge is -2.64. The Kier molecular flexibility index (Phi) is 8.55. The highest BCUT2D eigenvalue weighted by atomic mass is 16.5. The molecule has 0 radical (unpaired) electrons. The summed E-state index contributed by atoms with van der Waals surface area (Å²) in [5.74, 6) is 1.39. The van der Waals surface area contributed by atoms with Crippen LogP contribution in [0.5, 0.6) is 0 Å². The van der Waals surface area contributed by atoms with Gasteiger partial charge in [-0.25, -0.2) is 9.59 Å². The van der Waals surface area contributed by atoms with Crippen LogP contribution in [0.3, 0.4) is 0 Å². The van der Waals surface area contributed by atoms with Crippen molar-refractivity contribution in [2.24, 2.45) is 52.3 Å². The summed E-state index contributed by atoms with van der Waals surface area (Å²) in [6.45, 7) is 10.9. The van der Waals surface area contributed by atoms with Crippen molar-refractivity contribution in [1.29, 1.82) is 0 Å². The van der Waals surface area contributed by atoms with E-state index in [0.29, 0.717) is 36.2 Å². The van der Waals surface area contributed by atoms with Crippen molar-refractivity contribution in [3.05, 3.63) is 0 Å². The number of amides is 1. The standard InChI is InChI=1S/C30H51NO6/c1-6-20-23-16-19(32)11-13-30(23,5)22-12-14-29(4)18(9-10-21(29)24(22)26(20)33)8-7-15-37-28(36)31-25(17(2)3)27(34)35/h17-26,32-33H,6-16H2,1-5H3,(H,31,36)(H,34,35)/t18-,19+,20+,21-,22-,23-,24-,25?,26+,29+,30+/m0/s1. The topological polar surface area (TPSA) is 116 Å². The number of carboxylic acids is 1. The van der Waals surface area contributed by atoms with Crippen LogP contribution < -0.4 is 5.32 Å². The Morgan fingerprint density at radius 1 is 1.00 bits per heavy atom. The minimum Gasteiger partial charge on any atom is -0.480 e. The number of aliphatic hydroxyl groups is 2. The van der Waals surface area contributed by atoms with Crippen molar-refractivity contribution in [3.8, 4) is 0 Å². The van der Waals surface area contributed by atoms with Gasteiger partial charge >= 0.3 is 12.1 Å². The molecule has 1 amide bonds. The summed E-state index contributed by atoms with van der Waals surface area (Å²) in [6.07, 6.45) is 9.07. The number of alkyl carbamates (subject to hydrolysis) is 1. The van der Waals surface area contributed by atoms with Crippen LogP contribution >= 0.6 is 0 Å². The van der Waals surface area contributed by atoms with Crippen molar-refractivity contribution in [3.63, 3.8) is 0 Å². The van der Waals surface area contributed by atoms with Crippen LogP contribution in [-0.4, -0.2) is 52.2 Å². The fourth-order valence-corrected chi connectivity index (χ4v) is 9.72. The first-order valence-corrected chi connectivity index (χ1v) is 15.0. The van der Waals surface area contributed by atoms with E-state index in [2.05, 4.69) is 26.1 Å². The van der Waals surface area contributed by atoms with Crippen LogP contribution in [-0.2, 0) is 9.53 Å². The van der Waals surface area contributed by atoms with Gasteiger partial charge in [0.05, 0.1) is 18.8 Å². The third-order valence-corrected chi connectivity index (χ3v) is 11.7. The normalized spacial score (nSPS) is 43.9. The Labute approximate surface area is 223 Å². The summed E-state index contributed by atoms with van der Waals surface area (Å²) in [5.41, 5.74) is 0.417. The van der Waals surface area contributed by atoms with Gasteiger partial charge in [-0.15, -0.1) is 0 Å². The fourth-order valence-electron chi connectivity index (χ4n) is 9.72.